The number of hydrogen-bond acceptors (Lipinski definition) is 5. The zero-order chi connectivity index (χ0) is 21.3. The second-order valence-corrected chi connectivity index (χ2v) is 7.76. The third-order valence-corrected chi connectivity index (χ3v) is 5.29. The molecule has 0 aliphatic heterocycles. The van der Waals surface area contributed by atoms with E-state index in [2.05, 4.69) is 10.4 Å². The fourth-order valence-corrected chi connectivity index (χ4v) is 3.58. The van der Waals surface area contributed by atoms with E-state index >= 15 is 0 Å². The van der Waals surface area contributed by atoms with E-state index in [9.17, 15) is 9.59 Å². The van der Waals surface area contributed by atoms with Crippen molar-refractivity contribution in [3.8, 4) is 11.3 Å². The molecule has 7 heteroatoms. The molecular weight excluding hydrogens is 398 g/mol. The topological polar surface area (TPSA) is 73.2 Å². The normalized spacial score (nSPS) is 11.7. The molecule has 2 aromatic carbocycles. The fraction of sp³-hybridized carbons (Fsp3) is 0.261. The van der Waals surface area contributed by atoms with Crippen LogP contribution in [0.25, 0.3) is 11.3 Å². The van der Waals surface area contributed by atoms with Crippen LogP contribution in [0.2, 0.25) is 0 Å². The first-order valence-electron chi connectivity index (χ1n) is 9.66. The summed E-state index contributed by atoms with van der Waals surface area (Å²) in [4.78, 5) is 25.2. The summed E-state index contributed by atoms with van der Waals surface area (Å²) < 4.78 is 6.61. The molecule has 1 atom stereocenters. The first-order chi connectivity index (χ1) is 14.6. The Morgan fingerprint density at radius 1 is 1.10 bits per heavy atom. The van der Waals surface area contributed by atoms with Crippen LogP contribution in [-0.4, -0.2) is 46.8 Å². The largest absolute Gasteiger partial charge is 0.467 e. The summed E-state index contributed by atoms with van der Waals surface area (Å²) in [7, 11) is 1.33. The van der Waals surface area contributed by atoms with Crippen LogP contribution < -0.4 is 5.32 Å². The van der Waals surface area contributed by atoms with Crippen LogP contribution in [-0.2, 0) is 16.1 Å². The van der Waals surface area contributed by atoms with Gasteiger partial charge in [0.05, 0.1) is 19.2 Å². The zero-order valence-corrected chi connectivity index (χ0v) is 17.9. The van der Waals surface area contributed by atoms with Crippen molar-refractivity contribution >= 4 is 23.6 Å². The SMILES string of the molecule is COC(=O)[C@@H](CCSC)NC(=O)c1cn(Cc2ccccc2)nc1-c1ccccc1. The van der Waals surface area contributed by atoms with Crippen molar-refractivity contribution in [2.45, 2.75) is 19.0 Å². The van der Waals surface area contributed by atoms with Gasteiger partial charge in [0.1, 0.15) is 11.7 Å². The molecule has 30 heavy (non-hydrogen) atoms. The maximum atomic E-state index is 13.1. The molecule has 1 aromatic heterocycles. The van der Waals surface area contributed by atoms with Gasteiger partial charge in [0, 0.05) is 11.8 Å². The van der Waals surface area contributed by atoms with Crippen LogP contribution in [0, 0.1) is 0 Å². The Morgan fingerprint density at radius 3 is 2.40 bits per heavy atom. The van der Waals surface area contributed by atoms with E-state index in [-0.39, 0.29) is 5.91 Å². The van der Waals surface area contributed by atoms with Gasteiger partial charge in [-0.05, 0) is 24.0 Å². The van der Waals surface area contributed by atoms with Gasteiger partial charge in [-0.3, -0.25) is 9.48 Å². The molecule has 6 nitrogen and oxygen atoms in total. The number of thioether (sulfide) groups is 1. The smallest absolute Gasteiger partial charge is 0.328 e. The number of nitrogens with zero attached hydrogens (tertiary/aromatic N) is 2. The summed E-state index contributed by atoms with van der Waals surface area (Å²) in [6.45, 7) is 0.543. The molecule has 0 unspecified atom stereocenters. The molecule has 3 rings (SSSR count). The molecule has 0 bridgehead atoms. The molecule has 0 saturated heterocycles. The van der Waals surface area contributed by atoms with Crippen molar-refractivity contribution in [2.75, 3.05) is 19.1 Å². The van der Waals surface area contributed by atoms with Gasteiger partial charge in [0.15, 0.2) is 0 Å². The molecule has 1 amide bonds. The van der Waals surface area contributed by atoms with Gasteiger partial charge in [-0.2, -0.15) is 16.9 Å². The monoisotopic (exact) mass is 423 g/mol. The number of carbonyl (C=O) groups excluding carboxylic acids is 2. The highest BCUT2D eigenvalue weighted by atomic mass is 32.2. The predicted molar refractivity (Wildman–Crippen MR) is 119 cm³/mol. The van der Waals surface area contributed by atoms with E-state index < -0.39 is 12.0 Å². The van der Waals surface area contributed by atoms with E-state index in [1.807, 2.05) is 66.9 Å². The van der Waals surface area contributed by atoms with Crippen molar-refractivity contribution in [1.82, 2.24) is 15.1 Å². The van der Waals surface area contributed by atoms with E-state index in [4.69, 9.17) is 4.74 Å². The molecule has 156 valence electrons. The number of carbonyl (C=O) groups is 2. The Kier molecular flexibility index (Phi) is 7.68. The lowest BCUT2D eigenvalue weighted by atomic mass is 10.1. The van der Waals surface area contributed by atoms with Crippen molar-refractivity contribution in [2.24, 2.45) is 0 Å². The summed E-state index contributed by atoms with van der Waals surface area (Å²) in [5.74, 6) is -0.0567. The molecule has 0 fully saturated rings. The van der Waals surface area contributed by atoms with Gasteiger partial charge >= 0.3 is 5.97 Å². The second-order valence-electron chi connectivity index (χ2n) is 6.77. The van der Waals surface area contributed by atoms with Crippen LogP contribution in [0.3, 0.4) is 0 Å². The number of ether oxygens (including phenoxy) is 1. The number of rotatable bonds is 9. The van der Waals surface area contributed by atoms with Crippen molar-refractivity contribution in [3.05, 3.63) is 78.0 Å². The minimum Gasteiger partial charge on any atom is -0.467 e. The molecule has 0 aliphatic carbocycles. The average molecular weight is 424 g/mol. The minimum absolute atomic E-state index is 0.343. The molecule has 1 N–H and O–H groups in total. The van der Waals surface area contributed by atoms with Crippen LogP contribution >= 0.6 is 11.8 Å². The lowest BCUT2D eigenvalue weighted by Gasteiger charge is -2.16. The molecule has 1 heterocycles. The fourth-order valence-electron chi connectivity index (χ4n) is 3.11. The van der Waals surface area contributed by atoms with Gasteiger partial charge in [-0.15, -0.1) is 0 Å². The lowest BCUT2D eigenvalue weighted by Crippen LogP contribution is -2.42. The number of benzene rings is 2. The number of hydrogen-bond donors (Lipinski definition) is 1. The maximum Gasteiger partial charge on any atom is 0.328 e. The van der Waals surface area contributed by atoms with Crippen molar-refractivity contribution < 1.29 is 14.3 Å². The highest BCUT2D eigenvalue weighted by molar-refractivity contribution is 7.98. The van der Waals surface area contributed by atoms with Gasteiger partial charge in [-0.25, -0.2) is 4.79 Å². The maximum absolute atomic E-state index is 13.1. The van der Waals surface area contributed by atoms with Crippen LogP contribution in [0.15, 0.2) is 66.9 Å². The molecule has 3 aromatic rings. The number of esters is 1. The van der Waals surface area contributed by atoms with Crippen LogP contribution in [0.4, 0.5) is 0 Å². The summed E-state index contributed by atoms with van der Waals surface area (Å²) in [6, 6.07) is 18.8. The van der Waals surface area contributed by atoms with Crippen LogP contribution in [0.5, 0.6) is 0 Å². The lowest BCUT2D eigenvalue weighted by molar-refractivity contribution is -0.142. The Hall–Kier alpha value is -3.06. The Labute approximate surface area is 180 Å². The first kappa shape index (κ1) is 21.6. The highest BCUT2D eigenvalue weighted by Gasteiger charge is 2.25. The van der Waals surface area contributed by atoms with Gasteiger partial charge in [0.25, 0.3) is 5.91 Å². The molecule has 0 saturated carbocycles. The Bertz CT molecular complexity index is 974. The van der Waals surface area contributed by atoms with E-state index in [1.165, 1.54) is 7.11 Å². The first-order valence-corrected chi connectivity index (χ1v) is 11.1. The third kappa shape index (κ3) is 5.51. The summed E-state index contributed by atoms with van der Waals surface area (Å²) in [5.41, 5.74) is 2.93. The zero-order valence-electron chi connectivity index (χ0n) is 17.1. The van der Waals surface area contributed by atoms with Gasteiger partial charge in [-0.1, -0.05) is 60.7 Å². The van der Waals surface area contributed by atoms with E-state index in [0.717, 1.165) is 16.9 Å². The van der Waals surface area contributed by atoms with Crippen LogP contribution in [0.1, 0.15) is 22.3 Å². The summed E-state index contributed by atoms with van der Waals surface area (Å²) >= 11 is 1.61. The molecule has 0 radical (unpaired) electrons. The quantitative estimate of drug-likeness (QED) is 0.532. The van der Waals surface area contributed by atoms with E-state index in [1.54, 1.807) is 22.6 Å². The summed E-state index contributed by atoms with van der Waals surface area (Å²) in [5, 5.41) is 7.49. The van der Waals surface area contributed by atoms with Gasteiger partial charge < -0.3 is 10.1 Å². The van der Waals surface area contributed by atoms with Gasteiger partial charge in [0.2, 0.25) is 0 Å². The number of nitrogens with one attached hydrogen (secondary N) is 1. The molecular formula is C23H25N3O3S. The summed E-state index contributed by atoms with van der Waals surface area (Å²) in [6.07, 6.45) is 4.18. The third-order valence-electron chi connectivity index (χ3n) is 4.64. The Morgan fingerprint density at radius 2 is 1.77 bits per heavy atom. The molecule has 0 aliphatic rings. The second kappa shape index (κ2) is 10.6. The highest BCUT2D eigenvalue weighted by Crippen LogP contribution is 2.23. The van der Waals surface area contributed by atoms with Crippen molar-refractivity contribution in [1.29, 1.82) is 0 Å². The molecule has 0 spiro atoms. The average Bonchev–Trinajstić information content (AvgIpc) is 3.21. The number of amides is 1. The Balaban J connectivity index is 1.90. The number of aromatic nitrogens is 2. The van der Waals surface area contributed by atoms with E-state index in [0.29, 0.717) is 24.2 Å². The van der Waals surface area contributed by atoms with Crippen molar-refractivity contribution in [3.63, 3.8) is 0 Å². The number of methoxy groups -OCH3 is 1. The minimum atomic E-state index is -0.698. The predicted octanol–water partition coefficient (Wildman–Crippen LogP) is 3.62. The standard InChI is InChI=1S/C23H25N3O3S/c1-29-23(28)20(13-14-30-2)24-22(27)19-16-26(15-17-9-5-3-6-10-17)25-21(19)18-11-7-4-8-12-18/h3-12,16,20H,13-15H2,1-2H3,(H,24,27)/t20-/m1/s1.